The number of ether oxygens (including phenoxy) is 1. The fraction of sp³-hybridized carbons (Fsp3) is 0.385. The standard InChI is InChI=1S/C13H16F2N2O3/c1-3-20-13(19)8-17(2)7-12(18)16-11-6-9(14)4-5-10(11)15/h4-6H,3,7-8H2,1-2H3,(H,16,18). The van der Waals surface area contributed by atoms with Crippen LogP contribution in [0.4, 0.5) is 14.5 Å². The largest absolute Gasteiger partial charge is 0.465 e. The summed E-state index contributed by atoms with van der Waals surface area (Å²) in [5, 5.41) is 2.24. The molecule has 1 aromatic rings. The van der Waals surface area contributed by atoms with Crippen molar-refractivity contribution in [2.45, 2.75) is 6.92 Å². The van der Waals surface area contributed by atoms with Gasteiger partial charge in [-0.3, -0.25) is 14.5 Å². The number of hydrogen-bond acceptors (Lipinski definition) is 4. The molecular weight excluding hydrogens is 270 g/mol. The van der Waals surface area contributed by atoms with Crippen molar-refractivity contribution in [3.8, 4) is 0 Å². The maximum atomic E-state index is 13.3. The van der Waals surface area contributed by atoms with Crippen molar-refractivity contribution in [3.63, 3.8) is 0 Å². The van der Waals surface area contributed by atoms with Crippen LogP contribution in [0.15, 0.2) is 18.2 Å². The number of benzene rings is 1. The van der Waals surface area contributed by atoms with E-state index >= 15 is 0 Å². The number of anilines is 1. The van der Waals surface area contributed by atoms with Gasteiger partial charge in [-0.25, -0.2) is 8.78 Å². The van der Waals surface area contributed by atoms with Crippen molar-refractivity contribution < 1.29 is 23.1 Å². The van der Waals surface area contributed by atoms with E-state index in [9.17, 15) is 18.4 Å². The molecule has 0 unspecified atom stereocenters. The van der Waals surface area contributed by atoms with Crippen LogP contribution in [0.2, 0.25) is 0 Å². The topological polar surface area (TPSA) is 58.6 Å². The Morgan fingerprint density at radius 1 is 1.30 bits per heavy atom. The van der Waals surface area contributed by atoms with Crippen molar-refractivity contribution in [2.24, 2.45) is 0 Å². The number of carbonyl (C=O) groups excluding carboxylic acids is 2. The molecule has 20 heavy (non-hydrogen) atoms. The van der Waals surface area contributed by atoms with Gasteiger partial charge >= 0.3 is 5.97 Å². The molecule has 0 aromatic heterocycles. The summed E-state index contributed by atoms with van der Waals surface area (Å²) in [6.07, 6.45) is 0. The molecule has 0 aliphatic heterocycles. The molecule has 1 aromatic carbocycles. The lowest BCUT2D eigenvalue weighted by Gasteiger charge is -2.15. The van der Waals surface area contributed by atoms with Crippen LogP contribution in [-0.2, 0) is 14.3 Å². The summed E-state index contributed by atoms with van der Waals surface area (Å²) in [5.74, 6) is -2.39. The molecule has 110 valence electrons. The maximum Gasteiger partial charge on any atom is 0.320 e. The van der Waals surface area contributed by atoms with E-state index in [1.54, 1.807) is 14.0 Å². The van der Waals surface area contributed by atoms with Gasteiger partial charge in [0.2, 0.25) is 5.91 Å². The third kappa shape index (κ3) is 5.31. The zero-order chi connectivity index (χ0) is 15.1. The van der Waals surface area contributed by atoms with E-state index in [1.165, 1.54) is 4.90 Å². The van der Waals surface area contributed by atoms with Crippen LogP contribution in [0, 0.1) is 11.6 Å². The summed E-state index contributed by atoms with van der Waals surface area (Å²) in [7, 11) is 1.54. The normalized spacial score (nSPS) is 10.4. The molecule has 1 N–H and O–H groups in total. The molecular formula is C13H16F2N2O3. The quantitative estimate of drug-likeness (QED) is 0.803. The van der Waals surface area contributed by atoms with Crippen LogP contribution in [0.5, 0.6) is 0 Å². The van der Waals surface area contributed by atoms with Crippen LogP contribution >= 0.6 is 0 Å². The number of amides is 1. The van der Waals surface area contributed by atoms with E-state index < -0.39 is 23.5 Å². The number of carbonyl (C=O) groups is 2. The zero-order valence-corrected chi connectivity index (χ0v) is 11.3. The van der Waals surface area contributed by atoms with Crippen molar-refractivity contribution in [3.05, 3.63) is 29.8 Å². The van der Waals surface area contributed by atoms with Crippen molar-refractivity contribution in [1.82, 2.24) is 4.90 Å². The lowest BCUT2D eigenvalue weighted by Crippen LogP contribution is -2.34. The average molecular weight is 286 g/mol. The van der Waals surface area contributed by atoms with E-state index in [-0.39, 0.29) is 25.4 Å². The fourth-order valence-electron chi connectivity index (χ4n) is 1.51. The van der Waals surface area contributed by atoms with Gasteiger partial charge < -0.3 is 10.1 Å². The predicted octanol–water partition coefficient (Wildman–Crippen LogP) is 1.40. The first-order valence-electron chi connectivity index (χ1n) is 6.01. The van der Waals surface area contributed by atoms with E-state index in [1.807, 2.05) is 0 Å². The van der Waals surface area contributed by atoms with Gasteiger partial charge in [-0.2, -0.15) is 0 Å². The summed E-state index contributed by atoms with van der Waals surface area (Å²) >= 11 is 0. The second-order valence-electron chi connectivity index (χ2n) is 4.15. The number of nitrogens with one attached hydrogen (secondary N) is 1. The molecule has 0 saturated heterocycles. The SMILES string of the molecule is CCOC(=O)CN(C)CC(=O)Nc1cc(F)ccc1F. The lowest BCUT2D eigenvalue weighted by molar-refractivity contribution is -0.144. The Morgan fingerprint density at radius 3 is 2.65 bits per heavy atom. The molecule has 0 aliphatic rings. The Balaban J connectivity index is 2.51. The zero-order valence-electron chi connectivity index (χ0n) is 11.3. The van der Waals surface area contributed by atoms with Crippen LogP contribution in [0.25, 0.3) is 0 Å². The van der Waals surface area contributed by atoms with Crippen LogP contribution < -0.4 is 5.32 Å². The summed E-state index contributed by atoms with van der Waals surface area (Å²) in [6.45, 7) is 1.73. The summed E-state index contributed by atoms with van der Waals surface area (Å²) in [4.78, 5) is 24.2. The van der Waals surface area contributed by atoms with E-state index in [4.69, 9.17) is 4.74 Å². The third-order valence-electron chi connectivity index (χ3n) is 2.32. The molecule has 0 saturated carbocycles. The molecule has 5 nitrogen and oxygen atoms in total. The third-order valence-corrected chi connectivity index (χ3v) is 2.32. The second kappa shape index (κ2) is 7.54. The fourth-order valence-corrected chi connectivity index (χ4v) is 1.51. The first-order valence-corrected chi connectivity index (χ1v) is 6.01. The van der Waals surface area contributed by atoms with Gasteiger partial charge in [0, 0.05) is 6.07 Å². The van der Waals surface area contributed by atoms with Gasteiger partial charge in [0.1, 0.15) is 11.6 Å². The highest BCUT2D eigenvalue weighted by Gasteiger charge is 2.13. The molecule has 1 amide bonds. The Kier molecular flexibility index (Phi) is 6.05. The van der Waals surface area contributed by atoms with E-state index in [0.29, 0.717) is 0 Å². The smallest absolute Gasteiger partial charge is 0.320 e. The first-order chi connectivity index (χ1) is 9.42. The minimum absolute atomic E-state index is 0.0626. The molecule has 0 aliphatic carbocycles. The number of esters is 1. The molecule has 0 bridgehead atoms. The number of halogens is 2. The first kappa shape index (κ1) is 16.0. The minimum atomic E-state index is -0.729. The minimum Gasteiger partial charge on any atom is -0.465 e. The van der Waals surface area contributed by atoms with Gasteiger partial charge in [0.15, 0.2) is 0 Å². The Bertz CT molecular complexity index is 495. The highest BCUT2D eigenvalue weighted by Crippen LogP contribution is 2.14. The number of likely N-dealkylation sites (N-methyl/N-ethyl adjacent to an activating group) is 1. The molecule has 0 atom stereocenters. The van der Waals surface area contributed by atoms with Crippen molar-refractivity contribution >= 4 is 17.6 Å². The Labute approximate surface area is 115 Å². The van der Waals surface area contributed by atoms with Gasteiger partial charge in [0.05, 0.1) is 25.4 Å². The molecule has 0 spiro atoms. The summed E-state index contributed by atoms with van der Waals surface area (Å²) in [5.41, 5.74) is -0.237. The lowest BCUT2D eigenvalue weighted by atomic mass is 10.3. The molecule has 0 heterocycles. The summed E-state index contributed by atoms with van der Waals surface area (Å²) in [6, 6.07) is 2.77. The monoisotopic (exact) mass is 286 g/mol. The highest BCUT2D eigenvalue weighted by atomic mass is 19.1. The molecule has 7 heteroatoms. The number of hydrogen-bond donors (Lipinski definition) is 1. The highest BCUT2D eigenvalue weighted by molar-refractivity contribution is 5.92. The number of nitrogens with zero attached hydrogens (tertiary/aromatic N) is 1. The molecule has 0 fully saturated rings. The Morgan fingerprint density at radius 2 is 2.00 bits per heavy atom. The maximum absolute atomic E-state index is 13.3. The summed E-state index contributed by atoms with van der Waals surface area (Å²) < 4.78 is 31.0. The van der Waals surface area contributed by atoms with Gasteiger partial charge in [-0.1, -0.05) is 0 Å². The molecule has 0 radical (unpaired) electrons. The predicted molar refractivity (Wildman–Crippen MR) is 69.1 cm³/mol. The van der Waals surface area contributed by atoms with Crippen molar-refractivity contribution in [2.75, 3.05) is 32.1 Å². The number of rotatable bonds is 6. The Hall–Kier alpha value is -2.02. The van der Waals surface area contributed by atoms with Crippen LogP contribution in [-0.4, -0.2) is 43.5 Å². The average Bonchev–Trinajstić information content (AvgIpc) is 2.33. The molecule has 1 rings (SSSR count). The van der Waals surface area contributed by atoms with Gasteiger partial charge in [0.25, 0.3) is 0 Å². The second-order valence-corrected chi connectivity index (χ2v) is 4.15. The van der Waals surface area contributed by atoms with E-state index in [0.717, 1.165) is 18.2 Å². The van der Waals surface area contributed by atoms with Crippen molar-refractivity contribution in [1.29, 1.82) is 0 Å². The van der Waals surface area contributed by atoms with Gasteiger partial charge in [-0.15, -0.1) is 0 Å². The van der Waals surface area contributed by atoms with Crippen LogP contribution in [0.3, 0.4) is 0 Å². The van der Waals surface area contributed by atoms with Crippen LogP contribution in [0.1, 0.15) is 6.92 Å². The van der Waals surface area contributed by atoms with E-state index in [2.05, 4.69) is 5.32 Å². The van der Waals surface area contributed by atoms with Gasteiger partial charge in [-0.05, 0) is 26.1 Å².